The van der Waals surface area contributed by atoms with Gasteiger partial charge in [-0.2, -0.15) is 18.4 Å². The SMILES string of the molecule is CC(C)CC(=O)N1CCC2(CC1)CN(c1ccc(C#N)c(C(F)(F)F)c1)CC2CO. The summed E-state index contributed by atoms with van der Waals surface area (Å²) in [5, 5.41) is 19.0. The number of halogens is 3. The second kappa shape index (κ2) is 8.46. The summed E-state index contributed by atoms with van der Waals surface area (Å²) >= 11 is 0. The number of nitrogens with zero attached hydrogens (tertiary/aromatic N) is 3. The van der Waals surface area contributed by atoms with Crippen LogP contribution in [-0.2, 0) is 11.0 Å². The Hall–Kier alpha value is -2.27. The van der Waals surface area contributed by atoms with Crippen molar-refractivity contribution >= 4 is 11.6 Å². The summed E-state index contributed by atoms with van der Waals surface area (Å²) < 4.78 is 40.1. The highest BCUT2D eigenvalue weighted by Gasteiger charge is 2.48. The molecule has 2 aliphatic rings. The van der Waals surface area contributed by atoms with E-state index in [0.717, 1.165) is 18.9 Å². The van der Waals surface area contributed by atoms with Crippen molar-refractivity contribution in [3.05, 3.63) is 29.3 Å². The molecule has 0 saturated carbocycles. The highest BCUT2D eigenvalue weighted by Crippen LogP contribution is 2.46. The normalized spacial score (nSPS) is 21.3. The lowest BCUT2D eigenvalue weighted by Gasteiger charge is -2.42. The summed E-state index contributed by atoms with van der Waals surface area (Å²) in [6, 6.07) is 5.40. The number of rotatable bonds is 4. The molecule has 1 amide bonds. The summed E-state index contributed by atoms with van der Waals surface area (Å²) in [5.41, 5.74) is -1.14. The zero-order valence-electron chi connectivity index (χ0n) is 17.4. The maximum absolute atomic E-state index is 13.4. The van der Waals surface area contributed by atoms with Crippen molar-refractivity contribution in [1.29, 1.82) is 5.26 Å². The number of hydrogen-bond acceptors (Lipinski definition) is 4. The Morgan fingerprint density at radius 1 is 1.33 bits per heavy atom. The zero-order chi connectivity index (χ0) is 22.1. The Morgan fingerprint density at radius 2 is 2.00 bits per heavy atom. The number of amides is 1. The van der Waals surface area contributed by atoms with E-state index in [1.807, 2.05) is 23.6 Å². The molecule has 2 aliphatic heterocycles. The van der Waals surface area contributed by atoms with Gasteiger partial charge in [-0.25, -0.2) is 0 Å². The van der Waals surface area contributed by atoms with Gasteiger partial charge in [0.05, 0.1) is 17.2 Å². The number of piperidine rings is 1. The molecule has 0 aliphatic carbocycles. The number of aliphatic hydroxyl groups excluding tert-OH is 1. The molecule has 2 saturated heterocycles. The third-order valence-electron chi connectivity index (χ3n) is 6.52. The molecule has 1 aromatic carbocycles. The minimum atomic E-state index is -4.60. The first kappa shape index (κ1) is 22.4. The monoisotopic (exact) mass is 423 g/mol. The fourth-order valence-corrected chi connectivity index (χ4v) is 4.79. The van der Waals surface area contributed by atoms with Crippen LogP contribution in [0, 0.1) is 28.6 Å². The number of anilines is 1. The molecular weight excluding hydrogens is 395 g/mol. The molecule has 0 bridgehead atoms. The first-order valence-electron chi connectivity index (χ1n) is 10.3. The number of hydrogen-bond donors (Lipinski definition) is 1. The van der Waals surface area contributed by atoms with E-state index in [1.54, 1.807) is 12.1 Å². The highest BCUT2D eigenvalue weighted by atomic mass is 19.4. The molecule has 5 nitrogen and oxygen atoms in total. The van der Waals surface area contributed by atoms with Crippen LogP contribution in [0.25, 0.3) is 0 Å². The van der Waals surface area contributed by atoms with Crippen LogP contribution < -0.4 is 4.90 Å². The minimum absolute atomic E-state index is 0.0428. The van der Waals surface area contributed by atoms with Crippen molar-refractivity contribution < 1.29 is 23.1 Å². The second-order valence-corrected chi connectivity index (χ2v) is 8.94. The molecule has 8 heteroatoms. The van der Waals surface area contributed by atoms with E-state index in [-0.39, 0.29) is 23.8 Å². The van der Waals surface area contributed by atoms with Gasteiger partial charge in [0, 0.05) is 50.8 Å². The molecule has 2 heterocycles. The Bertz CT molecular complexity index is 824. The Balaban J connectivity index is 1.78. The van der Waals surface area contributed by atoms with Gasteiger partial charge in [-0.3, -0.25) is 4.79 Å². The largest absolute Gasteiger partial charge is 0.417 e. The predicted molar refractivity (Wildman–Crippen MR) is 107 cm³/mol. The number of benzene rings is 1. The highest BCUT2D eigenvalue weighted by molar-refractivity contribution is 5.76. The second-order valence-electron chi connectivity index (χ2n) is 8.94. The van der Waals surface area contributed by atoms with E-state index in [1.165, 1.54) is 6.07 Å². The lowest BCUT2D eigenvalue weighted by Crippen LogP contribution is -2.47. The average Bonchev–Trinajstić information content (AvgIpc) is 3.04. The van der Waals surface area contributed by atoms with Crippen molar-refractivity contribution in [1.82, 2.24) is 4.90 Å². The van der Waals surface area contributed by atoms with Crippen LogP contribution in [0.5, 0.6) is 0 Å². The van der Waals surface area contributed by atoms with E-state index >= 15 is 0 Å². The fourth-order valence-electron chi connectivity index (χ4n) is 4.79. The Morgan fingerprint density at radius 3 is 2.53 bits per heavy atom. The number of aliphatic hydroxyl groups is 1. The number of alkyl halides is 3. The minimum Gasteiger partial charge on any atom is -0.396 e. The lowest BCUT2D eigenvalue weighted by atomic mass is 9.71. The number of likely N-dealkylation sites (tertiary alicyclic amines) is 1. The molecule has 30 heavy (non-hydrogen) atoms. The Labute approximate surface area is 175 Å². The molecule has 3 rings (SSSR count). The van der Waals surface area contributed by atoms with Gasteiger partial charge in [0.2, 0.25) is 5.91 Å². The van der Waals surface area contributed by atoms with Gasteiger partial charge in [0.15, 0.2) is 0 Å². The van der Waals surface area contributed by atoms with Crippen LogP contribution in [0.4, 0.5) is 18.9 Å². The van der Waals surface area contributed by atoms with Gasteiger partial charge in [-0.15, -0.1) is 0 Å². The molecular formula is C22H28F3N3O2. The molecule has 1 N–H and O–H groups in total. The molecule has 2 fully saturated rings. The molecule has 1 atom stereocenters. The molecule has 0 radical (unpaired) electrons. The van der Waals surface area contributed by atoms with Crippen LogP contribution in [0.1, 0.15) is 44.2 Å². The quantitative estimate of drug-likeness (QED) is 0.803. The summed E-state index contributed by atoms with van der Waals surface area (Å²) in [4.78, 5) is 16.1. The van der Waals surface area contributed by atoms with Crippen LogP contribution in [0.15, 0.2) is 18.2 Å². The van der Waals surface area contributed by atoms with Crippen molar-refractivity contribution in [3.8, 4) is 6.07 Å². The van der Waals surface area contributed by atoms with Crippen molar-refractivity contribution in [2.45, 2.75) is 39.3 Å². The topological polar surface area (TPSA) is 67.6 Å². The third kappa shape index (κ3) is 4.41. The van der Waals surface area contributed by atoms with Crippen LogP contribution >= 0.6 is 0 Å². The van der Waals surface area contributed by atoms with E-state index in [9.17, 15) is 23.1 Å². The molecule has 1 aromatic rings. The van der Waals surface area contributed by atoms with Gasteiger partial charge in [0.1, 0.15) is 0 Å². The van der Waals surface area contributed by atoms with Crippen LogP contribution in [-0.4, -0.2) is 48.7 Å². The van der Waals surface area contributed by atoms with Crippen LogP contribution in [0.2, 0.25) is 0 Å². The maximum atomic E-state index is 13.4. The van der Waals surface area contributed by atoms with Gasteiger partial charge in [-0.05, 0) is 42.4 Å². The first-order valence-corrected chi connectivity index (χ1v) is 10.3. The van der Waals surface area contributed by atoms with E-state index in [4.69, 9.17) is 5.26 Å². The van der Waals surface area contributed by atoms with Crippen molar-refractivity contribution in [2.75, 3.05) is 37.7 Å². The summed E-state index contributed by atoms with van der Waals surface area (Å²) in [6.07, 6.45) is -2.65. The van der Waals surface area contributed by atoms with E-state index in [2.05, 4.69) is 0 Å². The van der Waals surface area contributed by atoms with Crippen molar-refractivity contribution in [2.24, 2.45) is 17.3 Å². The standard InChI is InChI=1S/C22H28F3N3O2/c1-15(2)9-20(30)27-7-5-21(6-8-27)14-28(12-17(21)13-29)18-4-3-16(11-26)19(10-18)22(23,24)25/h3-4,10,15,17,29H,5-9,12-14H2,1-2H3. The zero-order valence-corrected chi connectivity index (χ0v) is 17.4. The van der Waals surface area contributed by atoms with Gasteiger partial charge < -0.3 is 14.9 Å². The first-order chi connectivity index (χ1) is 14.1. The summed E-state index contributed by atoms with van der Waals surface area (Å²) in [5.74, 6) is 0.363. The third-order valence-corrected chi connectivity index (χ3v) is 6.52. The summed E-state index contributed by atoms with van der Waals surface area (Å²) in [6.45, 7) is 6.18. The van der Waals surface area contributed by atoms with Gasteiger partial charge in [-0.1, -0.05) is 13.8 Å². The number of carbonyl (C=O) groups excluding carboxylic acids is 1. The predicted octanol–water partition coefficient (Wildman–Crippen LogP) is 3.66. The van der Waals surface area contributed by atoms with Gasteiger partial charge in [0.25, 0.3) is 0 Å². The molecule has 0 aromatic heterocycles. The van der Waals surface area contributed by atoms with E-state index in [0.29, 0.717) is 44.2 Å². The van der Waals surface area contributed by atoms with Gasteiger partial charge >= 0.3 is 6.18 Å². The molecule has 164 valence electrons. The van der Waals surface area contributed by atoms with E-state index < -0.39 is 17.3 Å². The average molecular weight is 423 g/mol. The van der Waals surface area contributed by atoms with Crippen molar-refractivity contribution in [3.63, 3.8) is 0 Å². The molecule has 1 unspecified atom stereocenters. The van der Waals surface area contributed by atoms with Crippen LogP contribution in [0.3, 0.4) is 0 Å². The smallest absolute Gasteiger partial charge is 0.396 e. The summed E-state index contributed by atoms with van der Waals surface area (Å²) in [7, 11) is 0. The number of nitriles is 1. The maximum Gasteiger partial charge on any atom is 0.417 e. The fraction of sp³-hybridized carbons (Fsp3) is 0.636. The lowest BCUT2D eigenvalue weighted by molar-refractivity contribution is -0.137. The number of carbonyl (C=O) groups is 1. The Kier molecular flexibility index (Phi) is 6.32. The molecule has 1 spiro atoms.